The maximum atomic E-state index is 2.55. The van der Waals surface area contributed by atoms with Gasteiger partial charge in [0.25, 0.3) is 0 Å². The molecule has 3 aliphatic carbocycles. The van der Waals surface area contributed by atoms with E-state index in [-0.39, 0.29) is 0 Å². The molecule has 2 fully saturated rings. The highest BCUT2D eigenvalue weighted by Crippen LogP contribution is 2.73. The van der Waals surface area contributed by atoms with Crippen molar-refractivity contribution in [1.82, 2.24) is 0 Å². The molecule has 0 aliphatic heterocycles. The first kappa shape index (κ1) is 4.54. The summed E-state index contributed by atoms with van der Waals surface area (Å²) in [5, 5.41) is 0. The molecule has 0 saturated heterocycles. The summed E-state index contributed by atoms with van der Waals surface area (Å²) in [6.45, 7) is 2.40. The Bertz CT molecular complexity index is 202. The van der Waals surface area contributed by atoms with Gasteiger partial charge >= 0.3 is 0 Å². The molecule has 0 heteroatoms. The maximum absolute atomic E-state index is 2.55. The number of allylic oxidation sites excluding steroid dienone is 2. The van der Waals surface area contributed by atoms with Gasteiger partial charge in [0.1, 0.15) is 0 Å². The molecule has 0 nitrogen and oxygen atoms in total. The fourth-order valence-corrected chi connectivity index (χ4v) is 3.11. The van der Waals surface area contributed by atoms with Crippen molar-refractivity contribution in [2.24, 2.45) is 17.3 Å². The fourth-order valence-electron chi connectivity index (χ4n) is 3.11. The van der Waals surface area contributed by atoms with E-state index in [0.717, 1.165) is 17.3 Å². The van der Waals surface area contributed by atoms with Crippen molar-refractivity contribution in [1.29, 1.82) is 0 Å². The van der Waals surface area contributed by atoms with Crippen LogP contribution in [0, 0.1) is 17.3 Å². The Morgan fingerprint density at radius 1 is 1.67 bits per heavy atom. The first-order valence-corrected chi connectivity index (χ1v) is 4.05. The van der Waals surface area contributed by atoms with Crippen LogP contribution in [0.15, 0.2) is 11.6 Å². The highest BCUT2D eigenvalue weighted by atomic mass is 14.7. The zero-order valence-electron chi connectivity index (χ0n) is 5.85. The molecule has 0 radical (unpaired) electrons. The number of fused-ring (bicyclic) bond motifs is 1. The molecule has 0 aromatic heterocycles. The number of hydrogen-bond donors (Lipinski definition) is 0. The summed E-state index contributed by atoms with van der Waals surface area (Å²) < 4.78 is 0. The monoisotopic (exact) mass is 120 g/mol. The van der Waals surface area contributed by atoms with Gasteiger partial charge in [-0.15, -0.1) is 0 Å². The molecule has 1 spiro atoms. The lowest BCUT2D eigenvalue weighted by molar-refractivity contribution is 0.495. The van der Waals surface area contributed by atoms with Crippen molar-refractivity contribution in [2.45, 2.75) is 26.2 Å². The van der Waals surface area contributed by atoms with Crippen molar-refractivity contribution in [3.05, 3.63) is 11.6 Å². The molecule has 2 bridgehead atoms. The summed E-state index contributed by atoms with van der Waals surface area (Å²) >= 11 is 0. The topological polar surface area (TPSA) is 0 Å². The smallest absolute Gasteiger partial charge is 0.00163 e. The molecule has 2 saturated carbocycles. The lowest BCUT2D eigenvalue weighted by Crippen LogP contribution is -1.92. The predicted molar refractivity (Wildman–Crippen MR) is 37.0 cm³/mol. The molecule has 0 aromatic rings. The summed E-state index contributed by atoms with van der Waals surface area (Å²) in [4.78, 5) is 0. The van der Waals surface area contributed by atoms with E-state index in [9.17, 15) is 0 Å². The molecule has 9 heavy (non-hydrogen) atoms. The van der Waals surface area contributed by atoms with E-state index in [4.69, 9.17) is 0 Å². The molecule has 3 aliphatic rings. The van der Waals surface area contributed by atoms with Gasteiger partial charge < -0.3 is 0 Å². The summed E-state index contributed by atoms with van der Waals surface area (Å²) in [5.41, 5.74) is 2.61. The summed E-state index contributed by atoms with van der Waals surface area (Å²) in [7, 11) is 0. The Balaban J connectivity index is 2.16. The van der Waals surface area contributed by atoms with E-state index in [2.05, 4.69) is 13.0 Å². The summed E-state index contributed by atoms with van der Waals surface area (Å²) in [5.74, 6) is 1.99. The van der Waals surface area contributed by atoms with Crippen LogP contribution in [0.3, 0.4) is 0 Å². The Morgan fingerprint density at radius 3 is 3.00 bits per heavy atom. The van der Waals surface area contributed by atoms with Gasteiger partial charge in [-0.3, -0.25) is 0 Å². The van der Waals surface area contributed by atoms with Crippen LogP contribution >= 0.6 is 0 Å². The molecular formula is C9H12. The normalized spacial score (nSPS) is 59.4. The first-order chi connectivity index (χ1) is 4.33. The molecule has 0 heterocycles. The second-order valence-electron chi connectivity index (χ2n) is 4.00. The minimum atomic E-state index is 0.796. The Hall–Kier alpha value is -0.260. The SMILES string of the molecule is CC1C2=CC3CCC21C3. The van der Waals surface area contributed by atoms with Gasteiger partial charge in [0.15, 0.2) is 0 Å². The average molecular weight is 120 g/mol. The molecule has 0 amide bonds. The second kappa shape index (κ2) is 1.00. The molecule has 0 aromatic carbocycles. The zero-order chi connectivity index (χ0) is 6.06. The summed E-state index contributed by atoms with van der Waals surface area (Å²) in [6, 6.07) is 0. The van der Waals surface area contributed by atoms with Crippen LogP contribution in [0.5, 0.6) is 0 Å². The van der Waals surface area contributed by atoms with Gasteiger partial charge in [0, 0.05) is 0 Å². The van der Waals surface area contributed by atoms with E-state index in [1.54, 1.807) is 0 Å². The van der Waals surface area contributed by atoms with E-state index in [1.807, 2.05) is 5.57 Å². The number of rotatable bonds is 0. The van der Waals surface area contributed by atoms with Crippen LogP contribution in [-0.2, 0) is 0 Å². The van der Waals surface area contributed by atoms with Crippen LogP contribution in [0.1, 0.15) is 26.2 Å². The van der Waals surface area contributed by atoms with E-state index in [0.29, 0.717) is 0 Å². The van der Waals surface area contributed by atoms with Gasteiger partial charge in [-0.1, -0.05) is 18.6 Å². The van der Waals surface area contributed by atoms with Gasteiger partial charge in [-0.25, -0.2) is 0 Å². The predicted octanol–water partition coefficient (Wildman–Crippen LogP) is 2.36. The van der Waals surface area contributed by atoms with Crippen molar-refractivity contribution >= 4 is 0 Å². The zero-order valence-corrected chi connectivity index (χ0v) is 5.85. The maximum Gasteiger partial charge on any atom is -0.00163 e. The Labute approximate surface area is 56.0 Å². The standard InChI is InChI=1S/C9H12/c1-6-8-4-7-2-3-9(6,8)5-7/h4,6-7H,2-3,5H2,1H3. The number of hydrogen-bond acceptors (Lipinski definition) is 0. The minimum Gasteiger partial charge on any atom is -0.0813 e. The molecule has 48 valence electrons. The van der Waals surface area contributed by atoms with Gasteiger partial charge in [-0.2, -0.15) is 0 Å². The minimum absolute atomic E-state index is 0.796. The van der Waals surface area contributed by atoms with Crippen molar-refractivity contribution in [2.75, 3.05) is 0 Å². The molecule has 3 atom stereocenters. The van der Waals surface area contributed by atoms with E-state index >= 15 is 0 Å². The van der Waals surface area contributed by atoms with Crippen molar-refractivity contribution in [3.63, 3.8) is 0 Å². The lowest BCUT2D eigenvalue weighted by Gasteiger charge is -2.00. The third-order valence-corrected chi connectivity index (χ3v) is 3.79. The van der Waals surface area contributed by atoms with Crippen LogP contribution < -0.4 is 0 Å². The second-order valence-corrected chi connectivity index (χ2v) is 4.00. The van der Waals surface area contributed by atoms with E-state index < -0.39 is 0 Å². The highest BCUT2D eigenvalue weighted by Gasteiger charge is 2.63. The molecular weight excluding hydrogens is 108 g/mol. The molecule has 0 N–H and O–H groups in total. The third-order valence-electron chi connectivity index (χ3n) is 3.79. The summed E-state index contributed by atoms with van der Waals surface area (Å²) in [6.07, 6.45) is 7.08. The van der Waals surface area contributed by atoms with Gasteiger partial charge in [0.05, 0.1) is 0 Å². The molecule has 3 unspecified atom stereocenters. The van der Waals surface area contributed by atoms with Crippen LogP contribution in [0.2, 0.25) is 0 Å². The fraction of sp³-hybridized carbons (Fsp3) is 0.778. The van der Waals surface area contributed by atoms with Crippen molar-refractivity contribution in [3.8, 4) is 0 Å². The van der Waals surface area contributed by atoms with Crippen LogP contribution in [0.25, 0.3) is 0 Å². The molecule has 3 rings (SSSR count). The van der Waals surface area contributed by atoms with Crippen LogP contribution in [0.4, 0.5) is 0 Å². The van der Waals surface area contributed by atoms with Crippen LogP contribution in [-0.4, -0.2) is 0 Å². The average Bonchev–Trinajstić information content (AvgIpc) is 2.39. The largest absolute Gasteiger partial charge is 0.0813 e. The van der Waals surface area contributed by atoms with E-state index in [1.165, 1.54) is 19.3 Å². The first-order valence-electron chi connectivity index (χ1n) is 4.05. The van der Waals surface area contributed by atoms with Crippen molar-refractivity contribution < 1.29 is 0 Å². The highest BCUT2D eigenvalue weighted by molar-refractivity contribution is 5.44. The quantitative estimate of drug-likeness (QED) is 0.430. The van der Waals surface area contributed by atoms with Gasteiger partial charge in [0.2, 0.25) is 0 Å². The Kier molecular flexibility index (Phi) is 0.505. The lowest BCUT2D eigenvalue weighted by atomic mass is 10.0. The van der Waals surface area contributed by atoms with Gasteiger partial charge in [-0.05, 0) is 36.5 Å². The Morgan fingerprint density at radius 2 is 2.56 bits per heavy atom. The third kappa shape index (κ3) is 0.309.